The van der Waals surface area contributed by atoms with Gasteiger partial charge < -0.3 is 9.84 Å². The Morgan fingerprint density at radius 1 is 1.06 bits per heavy atom. The first kappa shape index (κ1) is 21.8. The molecule has 1 aromatic heterocycles. The molecule has 0 atom stereocenters. The SMILES string of the molecule is CCOC(=O)c1cnn(-c2ccc(C(=O)NNC(=O)c3cc(Cl)ccc3O)cc2)c1C. The Morgan fingerprint density at radius 2 is 1.74 bits per heavy atom. The van der Waals surface area contributed by atoms with E-state index in [9.17, 15) is 19.5 Å². The summed E-state index contributed by atoms with van der Waals surface area (Å²) in [5, 5.41) is 14.2. The highest BCUT2D eigenvalue weighted by atomic mass is 35.5. The van der Waals surface area contributed by atoms with Crippen LogP contribution >= 0.6 is 11.6 Å². The second-order valence-electron chi connectivity index (χ2n) is 6.39. The van der Waals surface area contributed by atoms with Crippen molar-refractivity contribution in [3.63, 3.8) is 0 Å². The predicted octanol–water partition coefficient (Wildman–Crippen LogP) is 2.79. The molecule has 0 radical (unpaired) electrons. The van der Waals surface area contributed by atoms with E-state index in [-0.39, 0.29) is 28.5 Å². The van der Waals surface area contributed by atoms with Crippen LogP contribution in [0.15, 0.2) is 48.7 Å². The Balaban J connectivity index is 1.67. The molecule has 0 spiro atoms. The summed E-state index contributed by atoms with van der Waals surface area (Å²) in [7, 11) is 0. The number of rotatable bonds is 5. The summed E-state index contributed by atoms with van der Waals surface area (Å²) in [6.45, 7) is 3.73. The number of aromatic nitrogens is 2. The monoisotopic (exact) mass is 442 g/mol. The second kappa shape index (κ2) is 9.31. The number of benzene rings is 2. The lowest BCUT2D eigenvalue weighted by Gasteiger charge is -2.10. The van der Waals surface area contributed by atoms with Gasteiger partial charge in [0.1, 0.15) is 11.3 Å². The van der Waals surface area contributed by atoms with Crippen molar-refractivity contribution in [1.29, 1.82) is 0 Å². The van der Waals surface area contributed by atoms with Gasteiger partial charge in [0.25, 0.3) is 11.8 Å². The van der Waals surface area contributed by atoms with Gasteiger partial charge in [-0.2, -0.15) is 5.10 Å². The van der Waals surface area contributed by atoms with Gasteiger partial charge >= 0.3 is 5.97 Å². The summed E-state index contributed by atoms with van der Waals surface area (Å²) in [4.78, 5) is 36.4. The molecule has 31 heavy (non-hydrogen) atoms. The molecule has 9 nitrogen and oxygen atoms in total. The van der Waals surface area contributed by atoms with Gasteiger partial charge in [-0.05, 0) is 56.3 Å². The first-order chi connectivity index (χ1) is 14.8. The van der Waals surface area contributed by atoms with Crippen molar-refractivity contribution >= 4 is 29.4 Å². The van der Waals surface area contributed by atoms with Crippen molar-refractivity contribution < 1.29 is 24.2 Å². The maximum Gasteiger partial charge on any atom is 0.341 e. The molecule has 0 aliphatic rings. The van der Waals surface area contributed by atoms with Crippen molar-refractivity contribution in [2.24, 2.45) is 0 Å². The first-order valence-corrected chi connectivity index (χ1v) is 9.61. The Kier molecular flexibility index (Phi) is 6.56. The molecular weight excluding hydrogens is 424 g/mol. The number of nitrogens with zero attached hydrogens (tertiary/aromatic N) is 2. The van der Waals surface area contributed by atoms with Gasteiger partial charge in [-0.15, -0.1) is 0 Å². The number of nitrogens with one attached hydrogen (secondary N) is 2. The summed E-state index contributed by atoms with van der Waals surface area (Å²) in [6.07, 6.45) is 1.43. The Bertz CT molecular complexity index is 1140. The predicted molar refractivity (Wildman–Crippen MR) is 112 cm³/mol. The van der Waals surface area contributed by atoms with Crippen molar-refractivity contribution in [2.75, 3.05) is 6.61 Å². The number of amides is 2. The molecule has 10 heteroatoms. The minimum Gasteiger partial charge on any atom is -0.507 e. The van der Waals surface area contributed by atoms with E-state index in [1.165, 1.54) is 24.4 Å². The smallest absolute Gasteiger partial charge is 0.341 e. The number of aromatic hydroxyl groups is 1. The van der Waals surface area contributed by atoms with Crippen molar-refractivity contribution in [3.8, 4) is 11.4 Å². The molecule has 1 heterocycles. The highest BCUT2D eigenvalue weighted by Gasteiger charge is 2.17. The van der Waals surface area contributed by atoms with E-state index in [1.54, 1.807) is 42.8 Å². The quantitative estimate of drug-likeness (QED) is 0.412. The lowest BCUT2D eigenvalue weighted by molar-refractivity contribution is 0.0525. The fraction of sp³-hybridized carbons (Fsp3) is 0.143. The van der Waals surface area contributed by atoms with Gasteiger partial charge in [-0.1, -0.05) is 11.6 Å². The van der Waals surface area contributed by atoms with Crippen LogP contribution in [-0.2, 0) is 4.74 Å². The molecule has 0 aliphatic carbocycles. The molecule has 0 saturated heterocycles. The summed E-state index contributed by atoms with van der Waals surface area (Å²) in [5.74, 6) is -2.00. The maximum absolute atomic E-state index is 12.3. The molecule has 0 aliphatic heterocycles. The average Bonchev–Trinajstić information content (AvgIpc) is 3.15. The topological polar surface area (TPSA) is 123 Å². The highest BCUT2D eigenvalue weighted by molar-refractivity contribution is 6.31. The zero-order valence-corrected chi connectivity index (χ0v) is 17.4. The van der Waals surface area contributed by atoms with Crippen LogP contribution in [0.25, 0.3) is 5.69 Å². The molecular formula is C21H19ClN4O5. The fourth-order valence-corrected chi connectivity index (χ4v) is 2.95. The van der Waals surface area contributed by atoms with E-state index in [0.29, 0.717) is 16.9 Å². The third kappa shape index (κ3) is 4.84. The summed E-state index contributed by atoms with van der Waals surface area (Å²) < 4.78 is 6.55. The summed E-state index contributed by atoms with van der Waals surface area (Å²) in [6, 6.07) is 10.4. The minimum absolute atomic E-state index is 0.0743. The van der Waals surface area contributed by atoms with E-state index >= 15 is 0 Å². The number of hydrazine groups is 1. The number of hydrogen-bond donors (Lipinski definition) is 3. The Labute approximate surface area is 182 Å². The van der Waals surface area contributed by atoms with Gasteiger partial charge in [0.15, 0.2) is 0 Å². The third-order valence-electron chi connectivity index (χ3n) is 4.37. The molecule has 3 rings (SSSR count). The molecule has 0 fully saturated rings. The molecule has 0 saturated carbocycles. The van der Waals surface area contributed by atoms with Crippen molar-refractivity contribution in [3.05, 3.63) is 76.1 Å². The van der Waals surface area contributed by atoms with Crippen LogP contribution in [0.3, 0.4) is 0 Å². The Morgan fingerprint density at radius 3 is 2.42 bits per heavy atom. The number of esters is 1. The first-order valence-electron chi connectivity index (χ1n) is 9.23. The minimum atomic E-state index is -0.719. The van der Waals surface area contributed by atoms with Gasteiger partial charge in [-0.3, -0.25) is 20.4 Å². The molecule has 2 aromatic carbocycles. The molecule has 3 aromatic rings. The fourth-order valence-electron chi connectivity index (χ4n) is 2.78. The zero-order valence-electron chi connectivity index (χ0n) is 16.7. The molecule has 0 unspecified atom stereocenters. The van der Waals surface area contributed by atoms with Crippen LogP contribution in [0.5, 0.6) is 5.75 Å². The number of halogens is 1. The van der Waals surface area contributed by atoms with Gasteiger partial charge in [0.05, 0.1) is 29.7 Å². The second-order valence-corrected chi connectivity index (χ2v) is 6.83. The van der Waals surface area contributed by atoms with E-state index in [4.69, 9.17) is 16.3 Å². The van der Waals surface area contributed by atoms with E-state index < -0.39 is 17.8 Å². The number of carbonyl (C=O) groups excluding carboxylic acids is 3. The summed E-state index contributed by atoms with van der Waals surface area (Å²) >= 11 is 5.82. The lowest BCUT2D eigenvalue weighted by Crippen LogP contribution is -2.41. The number of carbonyl (C=O) groups is 3. The number of hydrogen-bond acceptors (Lipinski definition) is 6. The van der Waals surface area contributed by atoms with Crippen molar-refractivity contribution in [1.82, 2.24) is 20.6 Å². The maximum atomic E-state index is 12.3. The normalized spacial score (nSPS) is 10.4. The molecule has 3 N–H and O–H groups in total. The van der Waals surface area contributed by atoms with Gasteiger partial charge in [-0.25, -0.2) is 9.48 Å². The van der Waals surface area contributed by atoms with Gasteiger partial charge in [0, 0.05) is 10.6 Å². The van der Waals surface area contributed by atoms with Crippen LogP contribution in [0.4, 0.5) is 0 Å². The molecule has 2 amide bonds. The lowest BCUT2D eigenvalue weighted by atomic mass is 10.2. The van der Waals surface area contributed by atoms with Crippen LogP contribution in [-0.4, -0.2) is 39.3 Å². The standard InChI is InChI=1S/C21H19ClN4O5/c1-3-31-21(30)17-11-23-26(12(17)2)15-7-4-13(5-8-15)19(28)24-25-20(29)16-10-14(22)6-9-18(16)27/h4-11,27H,3H2,1-2H3,(H,24,28)(H,25,29). The largest absolute Gasteiger partial charge is 0.507 e. The van der Waals surface area contributed by atoms with Crippen LogP contribution in [0, 0.1) is 6.92 Å². The van der Waals surface area contributed by atoms with Crippen LogP contribution in [0.2, 0.25) is 5.02 Å². The Hall–Kier alpha value is -3.85. The van der Waals surface area contributed by atoms with Crippen molar-refractivity contribution in [2.45, 2.75) is 13.8 Å². The number of ether oxygens (including phenoxy) is 1. The van der Waals surface area contributed by atoms with E-state index in [2.05, 4.69) is 16.0 Å². The van der Waals surface area contributed by atoms with Crippen LogP contribution < -0.4 is 10.9 Å². The van der Waals surface area contributed by atoms with Crippen LogP contribution in [0.1, 0.15) is 43.7 Å². The molecule has 160 valence electrons. The highest BCUT2D eigenvalue weighted by Crippen LogP contribution is 2.21. The van der Waals surface area contributed by atoms with Gasteiger partial charge in [0.2, 0.25) is 0 Å². The zero-order chi connectivity index (χ0) is 22.5. The summed E-state index contributed by atoms with van der Waals surface area (Å²) in [5.41, 5.74) is 6.29. The van der Waals surface area contributed by atoms with E-state index in [1.807, 2.05) is 0 Å². The molecule has 0 bridgehead atoms. The van der Waals surface area contributed by atoms with E-state index in [0.717, 1.165) is 0 Å². The number of phenolic OH excluding ortho intramolecular Hbond substituents is 1. The number of phenols is 1. The third-order valence-corrected chi connectivity index (χ3v) is 4.61. The average molecular weight is 443 g/mol.